The molecule has 0 bridgehead atoms. The van der Waals surface area contributed by atoms with Gasteiger partial charge in [0.05, 0.1) is 25.3 Å². The Morgan fingerprint density at radius 3 is 2.84 bits per heavy atom. The fourth-order valence-corrected chi connectivity index (χ4v) is 4.13. The molecule has 2 heterocycles. The summed E-state index contributed by atoms with van der Waals surface area (Å²) in [6.45, 7) is 2.08. The number of aryl methyl sites for hydroxylation is 1. The molecule has 1 fully saturated rings. The number of rotatable bonds is 4. The summed E-state index contributed by atoms with van der Waals surface area (Å²) >= 11 is 0. The highest BCUT2D eigenvalue weighted by molar-refractivity contribution is 6.07. The lowest BCUT2D eigenvalue weighted by Crippen LogP contribution is -2.34. The minimum Gasteiger partial charge on any atom is -0.497 e. The molecule has 1 N–H and O–H groups in total. The lowest BCUT2D eigenvalue weighted by Gasteiger charge is -2.27. The Hall–Kier alpha value is -2.30. The third kappa shape index (κ3) is 3.03. The van der Waals surface area contributed by atoms with Crippen molar-refractivity contribution in [1.82, 2.24) is 9.99 Å². The number of amides is 1. The number of hydrogen-bond donors (Lipinski definition) is 1. The van der Waals surface area contributed by atoms with Crippen LogP contribution in [0.3, 0.4) is 0 Å². The summed E-state index contributed by atoms with van der Waals surface area (Å²) in [4.78, 5) is 15.9. The molecule has 2 aliphatic rings. The van der Waals surface area contributed by atoms with Gasteiger partial charge in [-0.3, -0.25) is 4.79 Å². The van der Waals surface area contributed by atoms with Gasteiger partial charge in [-0.15, -0.1) is 0 Å². The van der Waals surface area contributed by atoms with Gasteiger partial charge < -0.3 is 9.72 Å². The van der Waals surface area contributed by atoms with Crippen LogP contribution in [0.25, 0.3) is 10.9 Å². The minimum atomic E-state index is 0.164. The van der Waals surface area contributed by atoms with E-state index in [4.69, 9.17) is 9.84 Å². The average Bonchev–Trinajstić information content (AvgIpc) is 3.15. The normalized spacial score (nSPS) is 18.9. The smallest absolute Gasteiger partial charge is 0.248 e. The molecule has 0 unspecified atom stereocenters. The first-order valence-corrected chi connectivity index (χ1v) is 9.19. The highest BCUT2D eigenvalue weighted by Crippen LogP contribution is 2.30. The standard InChI is InChI=1S/C20H25N3O2/c1-13-17(18-12-16(25-2)8-9-19(18)21-13)10-14-11-20(24)23(22-14)15-6-4-3-5-7-15/h8-9,12,15,21H,3-7,10-11H2,1-2H3. The van der Waals surface area contributed by atoms with Crippen molar-refractivity contribution in [3.05, 3.63) is 29.5 Å². The van der Waals surface area contributed by atoms with E-state index < -0.39 is 0 Å². The molecule has 0 spiro atoms. The number of aromatic amines is 1. The van der Waals surface area contributed by atoms with E-state index in [1.807, 2.05) is 12.1 Å². The molecule has 4 rings (SSSR count). The number of aromatic nitrogens is 1. The van der Waals surface area contributed by atoms with Crippen molar-refractivity contribution >= 4 is 22.5 Å². The SMILES string of the molecule is COc1ccc2[nH]c(C)c(CC3=NN(C4CCCCC4)C(=O)C3)c2c1. The third-order valence-electron chi connectivity index (χ3n) is 5.49. The number of benzene rings is 1. The zero-order chi connectivity index (χ0) is 17.4. The quantitative estimate of drug-likeness (QED) is 0.917. The Balaban J connectivity index is 1.60. The summed E-state index contributed by atoms with van der Waals surface area (Å²) in [6.07, 6.45) is 7.05. The molecule has 5 nitrogen and oxygen atoms in total. The van der Waals surface area contributed by atoms with Gasteiger partial charge in [-0.1, -0.05) is 19.3 Å². The Bertz CT molecular complexity index is 831. The maximum absolute atomic E-state index is 12.4. The van der Waals surface area contributed by atoms with Gasteiger partial charge in [0.2, 0.25) is 5.91 Å². The van der Waals surface area contributed by atoms with Crippen molar-refractivity contribution in [3.8, 4) is 5.75 Å². The van der Waals surface area contributed by atoms with E-state index in [2.05, 4.69) is 18.0 Å². The Kier molecular flexibility index (Phi) is 4.24. The second kappa shape index (κ2) is 6.54. The van der Waals surface area contributed by atoms with Crippen LogP contribution in [0.1, 0.15) is 49.8 Å². The van der Waals surface area contributed by atoms with E-state index in [0.29, 0.717) is 18.9 Å². The summed E-state index contributed by atoms with van der Waals surface area (Å²) in [5, 5.41) is 7.65. The van der Waals surface area contributed by atoms with Crippen molar-refractivity contribution in [3.63, 3.8) is 0 Å². The Morgan fingerprint density at radius 2 is 2.08 bits per heavy atom. The molecular formula is C20H25N3O2. The van der Waals surface area contributed by atoms with E-state index in [0.717, 1.165) is 40.9 Å². The minimum absolute atomic E-state index is 0.164. The molecule has 25 heavy (non-hydrogen) atoms. The number of nitrogens with zero attached hydrogens (tertiary/aromatic N) is 2. The van der Waals surface area contributed by atoms with Gasteiger partial charge in [0, 0.05) is 23.0 Å². The molecule has 2 aromatic rings. The number of ether oxygens (including phenoxy) is 1. The predicted molar refractivity (Wildman–Crippen MR) is 99.1 cm³/mol. The van der Waals surface area contributed by atoms with Crippen molar-refractivity contribution in [1.29, 1.82) is 0 Å². The van der Waals surface area contributed by atoms with Crippen molar-refractivity contribution in [2.75, 3.05) is 7.11 Å². The highest BCUT2D eigenvalue weighted by atomic mass is 16.5. The molecule has 1 aromatic carbocycles. The van der Waals surface area contributed by atoms with Crippen LogP contribution in [0.2, 0.25) is 0 Å². The van der Waals surface area contributed by atoms with E-state index >= 15 is 0 Å². The van der Waals surface area contributed by atoms with Crippen LogP contribution in [0.4, 0.5) is 0 Å². The summed E-state index contributed by atoms with van der Waals surface area (Å²) in [5.74, 6) is 1.01. The predicted octanol–water partition coefficient (Wildman–Crippen LogP) is 3.95. The Morgan fingerprint density at radius 1 is 1.28 bits per heavy atom. The molecule has 0 saturated heterocycles. The van der Waals surface area contributed by atoms with E-state index in [1.54, 1.807) is 12.1 Å². The molecular weight excluding hydrogens is 314 g/mol. The summed E-state index contributed by atoms with van der Waals surface area (Å²) < 4.78 is 5.36. The number of nitrogens with one attached hydrogen (secondary N) is 1. The Labute approximate surface area is 148 Å². The van der Waals surface area contributed by atoms with Gasteiger partial charge in [0.25, 0.3) is 0 Å². The highest BCUT2D eigenvalue weighted by Gasteiger charge is 2.31. The second-order valence-electron chi connectivity index (χ2n) is 7.19. The van der Waals surface area contributed by atoms with Crippen LogP contribution >= 0.6 is 0 Å². The lowest BCUT2D eigenvalue weighted by molar-refractivity contribution is -0.131. The van der Waals surface area contributed by atoms with E-state index in [9.17, 15) is 4.79 Å². The second-order valence-corrected chi connectivity index (χ2v) is 7.19. The molecule has 5 heteroatoms. The number of fused-ring (bicyclic) bond motifs is 1. The van der Waals surface area contributed by atoms with Gasteiger partial charge in [-0.2, -0.15) is 5.10 Å². The van der Waals surface area contributed by atoms with Crippen LogP contribution < -0.4 is 4.74 Å². The number of methoxy groups -OCH3 is 1. The largest absolute Gasteiger partial charge is 0.497 e. The van der Waals surface area contributed by atoms with Gasteiger partial charge in [-0.25, -0.2) is 5.01 Å². The molecule has 1 saturated carbocycles. The fourth-order valence-electron chi connectivity index (χ4n) is 4.13. The zero-order valence-electron chi connectivity index (χ0n) is 15.0. The van der Waals surface area contributed by atoms with Crippen LogP contribution in [0.15, 0.2) is 23.3 Å². The number of carbonyl (C=O) groups excluding carboxylic acids is 1. The number of hydrogen-bond acceptors (Lipinski definition) is 3. The molecule has 1 aromatic heterocycles. The monoisotopic (exact) mass is 339 g/mol. The maximum Gasteiger partial charge on any atom is 0.248 e. The molecule has 1 aliphatic carbocycles. The van der Waals surface area contributed by atoms with Crippen molar-refractivity contribution < 1.29 is 9.53 Å². The van der Waals surface area contributed by atoms with Crippen molar-refractivity contribution in [2.24, 2.45) is 5.10 Å². The van der Waals surface area contributed by atoms with Gasteiger partial charge in [0.1, 0.15) is 5.75 Å². The number of carbonyl (C=O) groups is 1. The van der Waals surface area contributed by atoms with Crippen LogP contribution in [-0.2, 0) is 11.2 Å². The molecule has 0 radical (unpaired) electrons. The van der Waals surface area contributed by atoms with E-state index in [1.165, 1.54) is 24.8 Å². The molecule has 132 valence electrons. The van der Waals surface area contributed by atoms with Crippen molar-refractivity contribution in [2.45, 2.75) is 57.9 Å². The first kappa shape index (κ1) is 16.2. The fraction of sp³-hybridized carbons (Fsp3) is 0.500. The van der Waals surface area contributed by atoms with E-state index in [-0.39, 0.29) is 5.91 Å². The molecule has 1 amide bonds. The summed E-state index contributed by atoms with van der Waals surface area (Å²) in [7, 11) is 1.68. The summed E-state index contributed by atoms with van der Waals surface area (Å²) in [6, 6.07) is 6.37. The summed E-state index contributed by atoms with van der Waals surface area (Å²) in [5.41, 5.74) is 4.42. The number of hydrazone groups is 1. The average molecular weight is 339 g/mol. The van der Waals surface area contributed by atoms with Crippen LogP contribution in [0, 0.1) is 6.92 Å². The van der Waals surface area contributed by atoms with Gasteiger partial charge >= 0.3 is 0 Å². The first-order valence-electron chi connectivity index (χ1n) is 9.19. The molecule has 1 aliphatic heterocycles. The molecule has 0 atom stereocenters. The first-order chi connectivity index (χ1) is 12.2. The van der Waals surface area contributed by atoms with Crippen LogP contribution in [0.5, 0.6) is 5.75 Å². The lowest BCUT2D eigenvalue weighted by atomic mass is 9.95. The van der Waals surface area contributed by atoms with Gasteiger partial charge in [0.15, 0.2) is 0 Å². The van der Waals surface area contributed by atoms with Crippen LogP contribution in [-0.4, -0.2) is 34.8 Å². The van der Waals surface area contributed by atoms with Gasteiger partial charge in [-0.05, 0) is 43.5 Å². The zero-order valence-corrected chi connectivity index (χ0v) is 15.0. The third-order valence-corrected chi connectivity index (χ3v) is 5.49. The topological polar surface area (TPSA) is 57.7 Å². The number of H-pyrrole nitrogens is 1. The maximum atomic E-state index is 12.4.